The summed E-state index contributed by atoms with van der Waals surface area (Å²) in [6, 6.07) is 5.07. The number of benzene rings is 1. The van der Waals surface area contributed by atoms with Gasteiger partial charge in [-0.25, -0.2) is 8.42 Å². The van der Waals surface area contributed by atoms with Crippen molar-refractivity contribution in [3.63, 3.8) is 0 Å². The molecule has 0 fully saturated rings. The van der Waals surface area contributed by atoms with Gasteiger partial charge in [0.15, 0.2) is 9.84 Å². The second-order valence-electron chi connectivity index (χ2n) is 3.36. The van der Waals surface area contributed by atoms with E-state index in [0.717, 1.165) is 5.56 Å². The fraction of sp³-hybridized carbons (Fsp3) is 0.400. The van der Waals surface area contributed by atoms with Crippen LogP contribution in [0.25, 0.3) is 0 Å². The average Bonchev–Trinajstić information content (AvgIpc) is 2.09. The standard InChI is InChI=1S/C10H15NO2S/c1-3-6-14(12,13)10-7-8(2)4-5-9(10)11/h4-5,7H,3,6,11H2,1-2H3. The number of hydrogen-bond acceptors (Lipinski definition) is 3. The first kappa shape index (κ1) is 11.0. The van der Waals surface area contributed by atoms with Gasteiger partial charge in [0.2, 0.25) is 0 Å². The van der Waals surface area contributed by atoms with Gasteiger partial charge < -0.3 is 5.73 Å². The van der Waals surface area contributed by atoms with Gasteiger partial charge >= 0.3 is 0 Å². The molecule has 0 aromatic heterocycles. The van der Waals surface area contributed by atoms with E-state index in [1.165, 1.54) is 0 Å². The summed E-state index contributed by atoms with van der Waals surface area (Å²) < 4.78 is 23.5. The fourth-order valence-corrected chi connectivity index (χ4v) is 2.84. The Kier molecular flexibility index (Phi) is 3.16. The van der Waals surface area contributed by atoms with Crippen molar-refractivity contribution in [2.75, 3.05) is 11.5 Å². The minimum Gasteiger partial charge on any atom is -0.398 e. The third-order valence-electron chi connectivity index (χ3n) is 1.98. The maximum absolute atomic E-state index is 11.7. The SMILES string of the molecule is CCCS(=O)(=O)c1cc(C)ccc1N. The summed E-state index contributed by atoms with van der Waals surface area (Å²) in [5.74, 6) is 0.153. The summed E-state index contributed by atoms with van der Waals surface area (Å²) in [7, 11) is -3.19. The fourth-order valence-electron chi connectivity index (χ4n) is 1.29. The van der Waals surface area contributed by atoms with Gasteiger partial charge in [-0.1, -0.05) is 13.0 Å². The molecule has 14 heavy (non-hydrogen) atoms. The van der Waals surface area contributed by atoms with E-state index in [1.54, 1.807) is 18.2 Å². The van der Waals surface area contributed by atoms with E-state index in [2.05, 4.69) is 0 Å². The Morgan fingerprint density at radius 2 is 2.00 bits per heavy atom. The van der Waals surface area contributed by atoms with Crippen LogP contribution in [0.1, 0.15) is 18.9 Å². The second-order valence-corrected chi connectivity index (χ2v) is 5.44. The number of hydrogen-bond donors (Lipinski definition) is 1. The number of nitrogens with two attached hydrogens (primary N) is 1. The van der Waals surface area contributed by atoms with Crippen molar-refractivity contribution in [1.82, 2.24) is 0 Å². The van der Waals surface area contributed by atoms with Crippen LogP contribution in [0.15, 0.2) is 23.1 Å². The molecular formula is C10H15NO2S. The molecule has 1 aromatic rings. The second kappa shape index (κ2) is 4.00. The molecule has 0 aliphatic carbocycles. The Morgan fingerprint density at radius 3 is 2.57 bits per heavy atom. The molecule has 0 aliphatic rings. The van der Waals surface area contributed by atoms with Gasteiger partial charge in [-0.2, -0.15) is 0 Å². The zero-order chi connectivity index (χ0) is 10.8. The normalized spacial score (nSPS) is 11.6. The van der Waals surface area contributed by atoms with E-state index >= 15 is 0 Å². The van der Waals surface area contributed by atoms with Crippen molar-refractivity contribution in [3.8, 4) is 0 Å². The molecule has 0 aliphatic heterocycles. The highest BCUT2D eigenvalue weighted by Crippen LogP contribution is 2.21. The minimum absolute atomic E-state index is 0.153. The zero-order valence-corrected chi connectivity index (χ0v) is 9.26. The lowest BCUT2D eigenvalue weighted by Crippen LogP contribution is -2.08. The van der Waals surface area contributed by atoms with Crippen molar-refractivity contribution in [2.24, 2.45) is 0 Å². The Bertz CT molecular complexity index is 424. The smallest absolute Gasteiger partial charge is 0.180 e. The molecule has 78 valence electrons. The molecular weight excluding hydrogens is 198 g/mol. The van der Waals surface area contributed by atoms with Crippen LogP contribution in [-0.2, 0) is 9.84 Å². The summed E-state index contributed by atoms with van der Waals surface area (Å²) in [6.45, 7) is 3.69. The molecule has 0 heterocycles. The van der Waals surface area contributed by atoms with E-state index in [1.807, 2.05) is 13.8 Å². The van der Waals surface area contributed by atoms with Gasteiger partial charge in [0.25, 0.3) is 0 Å². The predicted molar refractivity (Wildman–Crippen MR) is 57.9 cm³/mol. The highest BCUT2D eigenvalue weighted by atomic mass is 32.2. The number of rotatable bonds is 3. The van der Waals surface area contributed by atoms with Crippen LogP contribution in [0.2, 0.25) is 0 Å². The predicted octanol–water partition coefficient (Wildman–Crippen LogP) is 1.76. The first-order valence-corrected chi connectivity index (χ1v) is 6.21. The topological polar surface area (TPSA) is 60.2 Å². The van der Waals surface area contributed by atoms with E-state index in [4.69, 9.17) is 5.73 Å². The van der Waals surface area contributed by atoms with Crippen LogP contribution in [0.3, 0.4) is 0 Å². The summed E-state index contributed by atoms with van der Waals surface area (Å²) in [5, 5.41) is 0. The molecule has 0 bridgehead atoms. The van der Waals surface area contributed by atoms with Crippen molar-refractivity contribution < 1.29 is 8.42 Å². The van der Waals surface area contributed by atoms with Gasteiger partial charge in [-0.15, -0.1) is 0 Å². The van der Waals surface area contributed by atoms with Crippen molar-refractivity contribution in [3.05, 3.63) is 23.8 Å². The lowest BCUT2D eigenvalue weighted by Gasteiger charge is -2.06. The monoisotopic (exact) mass is 213 g/mol. The molecule has 0 saturated heterocycles. The van der Waals surface area contributed by atoms with Crippen molar-refractivity contribution in [2.45, 2.75) is 25.2 Å². The minimum atomic E-state index is -3.19. The Balaban J connectivity index is 3.25. The Hall–Kier alpha value is -1.03. The molecule has 4 heteroatoms. The molecule has 1 aromatic carbocycles. The van der Waals surface area contributed by atoms with E-state index in [0.29, 0.717) is 12.1 Å². The third-order valence-corrected chi connectivity index (χ3v) is 3.95. The molecule has 0 amide bonds. The molecule has 0 radical (unpaired) electrons. The van der Waals surface area contributed by atoms with E-state index < -0.39 is 9.84 Å². The van der Waals surface area contributed by atoms with Crippen LogP contribution in [0, 0.1) is 6.92 Å². The number of nitrogen functional groups attached to an aromatic ring is 1. The molecule has 0 saturated carbocycles. The maximum atomic E-state index is 11.7. The van der Waals surface area contributed by atoms with E-state index in [-0.39, 0.29) is 10.6 Å². The Morgan fingerprint density at radius 1 is 1.36 bits per heavy atom. The van der Waals surface area contributed by atoms with Crippen molar-refractivity contribution in [1.29, 1.82) is 0 Å². The molecule has 1 rings (SSSR count). The average molecular weight is 213 g/mol. The summed E-state index contributed by atoms with van der Waals surface area (Å²) >= 11 is 0. The lowest BCUT2D eigenvalue weighted by atomic mass is 10.2. The molecule has 2 N–H and O–H groups in total. The molecule has 0 atom stereocenters. The lowest BCUT2D eigenvalue weighted by molar-refractivity contribution is 0.595. The van der Waals surface area contributed by atoms with Crippen molar-refractivity contribution >= 4 is 15.5 Å². The first-order valence-electron chi connectivity index (χ1n) is 4.56. The first-order chi connectivity index (χ1) is 6.47. The van der Waals surface area contributed by atoms with Crippen LogP contribution in [0.4, 0.5) is 5.69 Å². The van der Waals surface area contributed by atoms with Gasteiger partial charge in [0, 0.05) is 0 Å². The molecule has 0 unspecified atom stereocenters. The number of sulfone groups is 1. The highest BCUT2D eigenvalue weighted by molar-refractivity contribution is 7.91. The van der Waals surface area contributed by atoms with Gasteiger partial charge in [-0.05, 0) is 31.0 Å². The summed E-state index contributed by atoms with van der Waals surface area (Å²) in [5.41, 5.74) is 6.87. The van der Waals surface area contributed by atoms with Crippen LogP contribution >= 0.6 is 0 Å². The highest BCUT2D eigenvalue weighted by Gasteiger charge is 2.16. The largest absolute Gasteiger partial charge is 0.398 e. The van der Waals surface area contributed by atoms with E-state index in [9.17, 15) is 8.42 Å². The summed E-state index contributed by atoms with van der Waals surface area (Å²) in [4.78, 5) is 0.263. The Labute approximate surface area is 84.9 Å². The van der Waals surface area contributed by atoms with Crippen LogP contribution in [0.5, 0.6) is 0 Å². The quantitative estimate of drug-likeness (QED) is 0.778. The number of aryl methyl sites for hydroxylation is 1. The van der Waals surface area contributed by atoms with Gasteiger partial charge in [-0.3, -0.25) is 0 Å². The third kappa shape index (κ3) is 2.26. The maximum Gasteiger partial charge on any atom is 0.180 e. The van der Waals surface area contributed by atoms with Crippen LogP contribution < -0.4 is 5.73 Å². The molecule has 0 spiro atoms. The van der Waals surface area contributed by atoms with Gasteiger partial charge in [0.05, 0.1) is 16.3 Å². The number of anilines is 1. The molecule has 3 nitrogen and oxygen atoms in total. The summed E-state index contributed by atoms with van der Waals surface area (Å²) in [6.07, 6.45) is 0.607. The zero-order valence-electron chi connectivity index (χ0n) is 8.45. The van der Waals surface area contributed by atoms with Gasteiger partial charge in [0.1, 0.15) is 0 Å². The van der Waals surface area contributed by atoms with Crippen LogP contribution in [-0.4, -0.2) is 14.2 Å².